The summed E-state index contributed by atoms with van der Waals surface area (Å²) in [5.74, 6) is -0.460. The van der Waals surface area contributed by atoms with Gasteiger partial charge in [-0.15, -0.1) is 0 Å². The largest absolute Gasteiger partial charge is 0.416 e. The lowest BCUT2D eigenvalue weighted by atomic mass is 10.1. The van der Waals surface area contributed by atoms with Crippen LogP contribution in [0.2, 0.25) is 0 Å². The summed E-state index contributed by atoms with van der Waals surface area (Å²) < 4.78 is 40.6. The fourth-order valence-corrected chi connectivity index (χ4v) is 2.61. The number of hydrogen-bond donors (Lipinski definition) is 2. The van der Waals surface area contributed by atoms with Crippen LogP contribution in [0.1, 0.15) is 28.4 Å². The number of anilines is 1. The molecule has 0 saturated carbocycles. The number of alkyl halides is 3. The number of nitrogens with zero attached hydrogens (tertiary/aromatic N) is 1. The minimum Gasteiger partial charge on any atom is -0.322 e. The van der Waals surface area contributed by atoms with Gasteiger partial charge in [0.05, 0.1) is 12.1 Å². The first-order chi connectivity index (χ1) is 12.8. The van der Waals surface area contributed by atoms with Crippen molar-refractivity contribution in [3.63, 3.8) is 0 Å². The zero-order chi connectivity index (χ0) is 19.4. The zero-order valence-electron chi connectivity index (χ0n) is 14.5. The molecule has 0 aromatic heterocycles. The maximum Gasteiger partial charge on any atom is 0.416 e. The van der Waals surface area contributed by atoms with Gasteiger partial charge in [0.2, 0.25) is 0 Å². The average molecular weight is 373 g/mol. The maximum absolute atomic E-state index is 13.5. The van der Waals surface area contributed by atoms with Crippen molar-refractivity contribution in [2.45, 2.75) is 19.6 Å². The first-order valence-electron chi connectivity index (χ1n) is 8.27. The number of hydrazine groups is 1. The van der Waals surface area contributed by atoms with Crippen molar-refractivity contribution in [1.29, 1.82) is 0 Å². The molecule has 0 saturated heterocycles. The molecule has 0 bridgehead atoms. The van der Waals surface area contributed by atoms with E-state index in [9.17, 15) is 18.0 Å². The predicted molar refractivity (Wildman–Crippen MR) is 97.4 cm³/mol. The van der Waals surface area contributed by atoms with Crippen molar-refractivity contribution < 1.29 is 18.0 Å². The second-order valence-electron chi connectivity index (χ2n) is 6.15. The van der Waals surface area contributed by atoms with Gasteiger partial charge in [-0.2, -0.15) is 13.2 Å². The molecule has 1 aliphatic rings. The molecule has 2 aromatic rings. The third-order valence-electron chi connectivity index (χ3n) is 4.03. The van der Waals surface area contributed by atoms with Crippen molar-refractivity contribution in [1.82, 2.24) is 10.4 Å². The van der Waals surface area contributed by atoms with Gasteiger partial charge in [0.15, 0.2) is 0 Å². The number of carbonyl (C=O) groups excluding carboxylic acids is 1. The van der Waals surface area contributed by atoms with E-state index in [1.807, 2.05) is 6.92 Å². The highest BCUT2D eigenvalue weighted by Gasteiger charge is 2.34. The molecule has 0 spiro atoms. The van der Waals surface area contributed by atoms with Gasteiger partial charge in [0.25, 0.3) is 5.91 Å². The summed E-state index contributed by atoms with van der Waals surface area (Å²) in [7, 11) is 0. The normalized spacial score (nSPS) is 13.8. The molecule has 0 radical (unpaired) electrons. The molecule has 0 unspecified atom stereocenters. The topological polar surface area (TPSA) is 44.4 Å². The van der Waals surface area contributed by atoms with Crippen LogP contribution < -0.4 is 10.7 Å². The number of nitrogens with one attached hydrogen (secondary N) is 2. The Hall–Kier alpha value is -3.22. The first kappa shape index (κ1) is 18.6. The molecular formula is C20H18F3N3O. The Kier molecular flexibility index (Phi) is 5.21. The summed E-state index contributed by atoms with van der Waals surface area (Å²) in [4.78, 5) is 12.2. The quantitative estimate of drug-likeness (QED) is 0.817. The van der Waals surface area contributed by atoms with Gasteiger partial charge < -0.3 is 10.7 Å². The summed E-state index contributed by atoms with van der Waals surface area (Å²) in [6, 6.07) is 12.1. The molecule has 3 rings (SSSR count). The van der Waals surface area contributed by atoms with E-state index in [1.165, 1.54) is 12.1 Å². The minimum atomic E-state index is -4.53. The molecule has 2 N–H and O–H groups in total. The number of allylic oxidation sites excluding steroid dienone is 2. The second kappa shape index (κ2) is 7.57. The Balaban J connectivity index is 1.82. The molecule has 0 aliphatic carbocycles. The zero-order valence-corrected chi connectivity index (χ0v) is 14.5. The number of rotatable bonds is 4. The molecule has 7 heteroatoms. The Labute approximate surface area is 155 Å². The van der Waals surface area contributed by atoms with Crippen LogP contribution in [0, 0.1) is 0 Å². The van der Waals surface area contributed by atoms with Gasteiger partial charge >= 0.3 is 6.18 Å². The van der Waals surface area contributed by atoms with Crippen LogP contribution in [0.4, 0.5) is 18.9 Å². The van der Waals surface area contributed by atoms with E-state index in [2.05, 4.69) is 10.7 Å². The third kappa shape index (κ3) is 4.69. The van der Waals surface area contributed by atoms with Gasteiger partial charge in [-0.25, -0.2) is 0 Å². The molecule has 2 aromatic carbocycles. The van der Waals surface area contributed by atoms with E-state index in [4.69, 9.17) is 0 Å². The van der Waals surface area contributed by atoms with Crippen molar-refractivity contribution in [3.8, 4) is 0 Å². The molecule has 27 heavy (non-hydrogen) atoms. The van der Waals surface area contributed by atoms with E-state index in [0.29, 0.717) is 5.56 Å². The molecular weight excluding hydrogens is 355 g/mol. The standard InChI is InChI=1S/C20H18F3N3O/c1-14-9-10-26(24-12-14)13-16-7-8-17(11-18(16)20(21,22)23)25-19(27)15-5-3-2-4-6-15/h2-12,24H,13H2,1H3,(H,25,27). The monoisotopic (exact) mass is 373 g/mol. The van der Waals surface area contributed by atoms with Crippen LogP contribution in [0.25, 0.3) is 0 Å². The minimum absolute atomic E-state index is 0.0298. The van der Waals surface area contributed by atoms with Crippen molar-refractivity contribution >= 4 is 11.6 Å². The predicted octanol–water partition coefficient (Wildman–Crippen LogP) is 4.70. The van der Waals surface area contributed by atoms with Gasteiger partial charge in [0, 0.05) is 23.7 Å². The average Bonchev–Trinajstić information content (AvgIpc) is 2.64. The number of halogens is 3. The highest BCUT2D eigenvalue weighted by atomic mass is 19.4. The van der Waals surface area contributed by atoms with Crippen molar-refractivity contribution in [3.05, 3.63) is 89.3 Å². The Bertz CT molecular complexity index is 889. The van der Waals surface area contributed by atoms with E-state index < -0.39 is 17.6 Å². The smallest absolute Gasteiger partial charge is 0.322 e. The Morgan fingerprint density at radius 1 is 1.15 bits per heavy atom. The summed E-state index contributed by atoms with van der Waals surface area (Å²) in [6.07, 6.45) is 0.661. The summed E-state index contributed by atoms with van der Waals surface area (Å²) in [6.45, 7) is 1.91. The SMILES string of the molecule is CC1=CNN(Cc2ccc(NC(=O)c3ccccc3)cc2C(F)(F)F)C=C1. The van der Waals surface area contributed by atoms with E-state index in [0.717, 1.165) is 11.6 Å². The Morgan fingerprint density at radius 3 is 2.52 bits per heavy atom. The lowest BCUT2D eigenvalue weighted by molar-refractivity contribution is -0.138. The molecule has 1 heterocycles. The molecule has 0 fully saturated rings. The summed E-state index contributed by atoms with van der Waals surface area (Å²) >= 11 is 0. The van der Waals surface area contributed by atoms with Crippen LogP contribution >= 0.6 is 0 Å². The molecule has 140 valence electrons. The maximum atomic E-state index is 13.5. The first-order valence-corrected chi connectivity index (χ1v) is 8.27. The number of hydrogen-bond acceptors (Lipinski definition) is 3. The summed E-state index contributed by atoms with van der Waals surface area (Å²) in [5.41, 5.74) is 3.67. The Morgan fingerprint density at radius 2 is 1.89 bits per heavy atom. The van der Waals surface area contributed by atoms with Crippen LogP contribution in [0.15, 0.2) is 72.6 Å². The van der Waals surface area contributed by atoms with Crippen LogP contribution in [-0.4, -0.2) is 10.9 Å². The number of carbonyl (C=O) groups is 1. The fourth-order valence-electron chi connectivity index (χ4n) is 2.61. The molecule has 1 aliphatic heterocycles. The van der Waals surface area contributed by atoms with E-state index in [1.54, 1.807) is 53.8 Å². The van der Waals surface area contributed by atoms with Gasteiger partial charge in [-0.3, -0.25) is 9.80 Å². The van der Waals surface area contributed by atoms with Crippen molar-refractivity contribution in [2.75, 3.05) is 5.32 Å². The number of amides is 1. The van der Waals surface area contributed by atoms with Gasteiger partial charge in [-0.1, -0.05) is 24.3 Å². The fraction of sp³-hybridized carbons (Fsp3) is 0.150. The third-order valence-corrected chi connectivity index (χ3v) is 4.03. The van der Waals surface area contributed by atoms with Crippen LogP contribution in [-0.2, 0) is 12.7 Å². The lowest BCUT2D eigenvalue weighted by Gasteiger charge is -2.25. The van der Waals surface area contributed by atoms with Crippen LogP contribution in [0.3, 0.4) is 0 Å². The van der Waals surface area contributed by atoms with Gasteiger partial charge in [-0.05, 0) is 48.4 Å². The van der Waals surface area contributed by atoms with Gasteiger partial charge in [0.1, 0.15) is 0 Å². The molecule has 4 nitrogen and oxygen atoms in total. The second-order valence-corrected chi connectivity index (χ2v) is 6.15. The summed E-state index contributed by atoms with van der Waals surface area (Å²) in [5, 5.41) is 4.07. The number of benzene rings is 2. The van der Waals surface area contributed by atoms with Crippen LogP contribution in [0.5, 0.6) is 0 Å². The lowest BCUT2D eigenvalue weighted by Crippen LogP contribution is -2.31. The highest BCUT2D eigenvalue weighted by molar-refractivity contribution is 6.04. The van der Waals surface area contributed by atoms with Crippen molar-refractivity contribution in [2.24, 2.45) is 0 Å². The van der Waals surface area contributed by atoms with E-state index in [-0.39, 0.29) is 17.8 Å². The molecule has 1 amide bonds. The molecule has 0 atom stereocenters. The highest BCUT2D eigenvalue weighted by Crippen LogP contribution is 2.34. The van der Waals surface area contributed by atoms with E-state index >= 15 is 0 Å².